The van der Waals surface area contributed by atoms with Crippen LogP contribution in [-0.2, 0) is 16.1 Å². The van der Waals surface area contributed by atoms with Crippen LogP contribution in [0, 0.1) is 6.92 Å². The molecule has 0 aliphatic carbocycles. The molecular weight excluding hydrogens is 278 g/mol. The fourth-order valence-corrected chi connectivity index (χ4v) is 2.46. The van der Waals surface area contributed by atoms with Crippen molar-refractivity contribution in [2.45, 2.75) is 39.7 Å². The Labute approximate surface area is 122 Å². The van der Waals surface area contributed by atoms with Gasteiger partial charge in [0.2, 0.25) is 5.91 Å². The number of primary amides is 1. The number of unbranched alkanes of at least 4 members (excludes halogenated alkanes) is 2. The van der Waals surface area contributed by atoms with E-state index in [4.69, 9.17) is 10.5 Å². The van der Waals surface area contributed by atoms with Gasteiger partial charge in [0, 0.05) is 6.61 Å². The number of aromatic nitrogens is 1. The number of nitrogens with zero attached hydrogens (tertiary/aromatic N) is 1. The second-order valence-electron chi connectivity index (χ2n) is 4.42. The van der Waals surface area contributed by atoms with Gasteiger partial charge < -0.3 is 15.8 Å². The monoisotopic (exact) mass is 299 g/mol. The van der Waals surface area contributed by atoms with Crippen LogP contribution in [0.3, 0.4) is 0 Å². The number of carbonyl (C=O) groups is 2. The average Bonchev–Trinajstić information content (AvgIpc) is 2.77. The molecule has 20 heavy (non-hydrogen) atoms. The zero-order valence-corrected chi connectivity index (χ0v) is 12.7. The second kappa shape index (κ2) is 8.65. The lowest BCUT2D eigenvalue weighted by molar-refractivity contribution is -0.125. The largest absolute Gasteiger partial charge is 0.372 e. The first-order valence-electron chi connectivity index (χ1n) is 6.65. The van der Waals surface area contributed by atoms with E-state index < -0.39 is 5.91 Å². The van der Waals surface area contributed by atoms with Gasteiger partial charge in [0.25, 0.3) is 5.91 Å². The summed E-state index contributed by atoms with van der Waals surface area (Å²) >= 11 is 1.20. The number of ether oxygens (including phenoxy) is 1. The Morgan fingerprint density at radius 3 is 2.75 bits per heavy atom. The van der Waals surface area contributed by atoms with Crippen molar-refractivity contribution in [3.8, 4) is 0 Å². The van der Waals surface area contributed by atoms with Crippen molar-refractivity contribution in [3.05, 3.63) is 15.6 Å². The normalized spacial score (nSPS) is 10.5. The minimum absolute atomic E-state index is 0.0523. The van der Waals surface area contributed by atoms with Crippen LogP contribution in [0.1, 0.15) is 46.6 Å². The molecule has 0 saturated heterocycles. The van der Waals surface area contributed by atoms with Crippen molar-refractivity contribution in [2.75, 3.05) is 13.2 Å². The van der Waals surface area contributed by atoms with Crippen molar-refractivity contribution >= 4 is 23.2 Å². The predicted octanol–water partition coefficient (Wildman–Crippen LogP) is 1.37. The maximum absolute atomic E-state index is 11.5. The van der Waals surface area contributed by atoms with E-state index in [2.05, 4.69) is 17.2 Å². The number of amides is 2. The number of hydrogen-bond donors (Lipinski definition) is 2. The zero-order chi connectivity index (χ0) is 15.0. The van der Waals surface area contributed by atoms with Crippen molar-refractivity contribution in [3.63, 3.8) is 0 Å². The molecule has 0 saturated carbocycles. The van der Waals surface area contributed by atoms with Gasteiger partial charge in [-0.3, -0.25) is 9.59 Å². The highest BCUT2D eigenvalue weighted by Gasteiger charge is 2.12. The van der Waals surface area contributed by atoms with Crippen molar-refractivity contribution < 1.29 is 14.3 Å². The standard InChI is InChI=1S/C13H21N3O3S/c1-3-4-5-6-19-8-10(17)15-7-11-16-9(2)12(20-11)13(14)18/h3-8H2,1-2H3,(H2,14,18)(H,15,17). The Morgan fingerprint density at radius 2 is 2.15 bits per heavy atom. The summed E-state index contributed by atoms with van der Waals surface area (Å²) in [6.07, 6.45) is 3.20. The van der Waals surface area contributed by atoms with Gasteiger partial charge in [-0.1, -0.05) is 19.8 Å². The molecule has 0 aliphatic heterocycles. The van der Waals surface area contributed by atoms with E-state index in [1.165, 1.54) is 11.3 Å². The van der Waals surface area contributed by atoms with Crippen LogP contribution < -0.4 is 11.1 Å². The van der Waals surface area contributed by atoms with E-state index in [0.29, 0.717) is 22.2 Å². The molecule has 0 radical (unpaired) electrons. The third kappa shape index (κ3) is 5.66. The van der Waals surface area contributed by atoms with Gasteiger partial charge in [-0.05, 0) is 13.3 Å². The number of hydrogen-bond acceptors (Lipinski definition) is 5. The van der Waals surface area contributed by atoms with Crippen molar-refractivity contribution in [1.29, 1.82) is 0 Å². The fraction of sp³-hybridized carbons (Fsp3) is 0.615. The molecule has 112 valence electrons. The summed E-state index contributed by atoms with van der Waals surface area (Å²) in [6.45, 7) is 4.78. The van der Waals surface area contributed by atoms with Crippen LogP contribution in [-0.4, -0.2) is 30.0 Å². The minimum atomic E-state index is -0.489. The third-order valence-electron chi connectivity index (χ3n) is 2.63. The van der Waals surface area contributed by atoms with E-state index in [1.807, 2.05) is 0 Å². The number of aryl methyl sites for hydroxylation is 1. The summed E-state index contributed by atoms with van der Waals surface area (Å²) in [6, 6.07) is 0. The Bertz CT molecular complexity index is 460. The maximum Gasteiger partial charge on any atom is 0.260 e. The molecule has 3 N–H and O–H groups in total. The molecule has 1 aromatic heterocycles. The van der Waals surface area contributed by atoms with Crippen LogP contribution in [0.5, 0.6) is 0 Å². The molecule has 1 rings (SSSR count). The van der Waals surface area contributed by atoms with Gasteiger partial charge in [0.1, 0.15) is 16.5 Å². The SMILES string of the molecule is CCCCCOCC(=O)NCc1nc(C)c(C(N)=O)s1. The minimum Gasteiger partial charge on any atom is -0.372 e. The predicted molar refractivity (Wildman–Crippen MR) is 77.6 cm³/mol. The number of rotatable bonds is 9. The number of nitrogens with one attached hydrogen (secondary N) is 1. The highest BCUT2D eigenvalue weighted by molar-refractivity contribution is 7.13. The Kier molecular flexibility index (Phi) is 7.17. The molecule has 0 fully saturated rings. The smallest absolute Gasteiger partial charge is 0.260 e. The van der Waals surface area contributed by atoms with Crippen LogP contribution in [0.25, 0.3) is 0 Å². The Morgan fingerprint density at radius 1 is 1.40 bits per heavy atom. The molecule has 0 spiro atoms. The van der Waals surface area contributed by atoms with Crippen LogP contribution in [0.15, 0.2) is 0 Å². The number of thiazole rings is 1. The third-order valence-corrected chi connectivity index (χ3v) is 3.80. The molecule has 2 amide bonds. The first kappa shape index (κ1) is 16.6. The van der Waals surface area contributed by atoms with E-state index >= 15 is 0 Å². The molecule has 7 heteroatoms. The van der Waals surface area contributed by atoms with Gasteiger partial charge in [-0.2, -0.15) is 0 Å². The second-order valence-corrected chi connectivity index (χ2v) is 5.51. The van der Waals surface area contributed by atoms with Gasteiger partial charge >= 0.3 is 0 Å². The van der Waals surface area contributed by atoms with E-state index in [1.54, 1.807) is 6.92 Å². The molecule has 6 nitrogen and oxygen atoms in total. The van der Waals surface area contributed by atoms with Crippen LogP contribution >= 0.6 is 11.3 Å². The quantitative estimate of drug-likeness (QED) is 0.673. The van der Waals surface area contributed by atoms with Crippen LogP contribution in [0.4, 0.5) is 0 Å². The molecule has 0 atom stereocenters. The van der Waals surface area contributed by atoms with E-state index in [9.17, 15) is 9.59 Å². The van der Waals surface area contributed by atoms with E-state index in [-0.39, 0.29) is 19.1 Å². The van der Waals surface area contributed by atoms with Crippen LogP contribution in [0.2, 0.25) is 0 Å². The molecule has 0 aliphatic rings. The summed E-state index contributed by atoms with van der Waals surface area (Å²) in [4.78, 5) is 27.2. The fourth-order valence-electron chi connectivity index (χ4n) is 1.60. The Hall–Kier alpha value is -1.47. The molecule has 1 aromatic rings. The van der Waals surface area contributed by atoms with Gasteiger partial charge in [0.15, 0.2) is 0 Å². The van der Waals surface area contributed by atoms with Gasteiger partial charge in [-0.15, -0.1) is 11.3 Å². The summed E-state index contributed by atoms with van der Waals surface area (Å²) in [7, 11) is 0. The highest BCUT2D eigenvalue weighted by atomic mass is 32.1. The van der Waals surface area contributed by atoms with Gasteiger partial charge in [0.05, 0.1) is 12.2 Å². The number of carbonyl (C=O) groups excluding carboxylic acids is 2. The summed E-state index contributed by atoms with van der Waals surface area (Å²) in [5.74, 6) is -0.674. The Balaban J connectivity index is 2.27. The van der Waals surface area contributed by atoms with Crippen molar-refractivity contribution in [1.82, 2.24) is 10.3 Å². The molecule has 0 bridgehead atoms. The molecule has 0 unspecified atom stereocenters. The first-order chi connectivity index (χ1) is 9.54. The maximum atomic E-state index is 11.5. The first-order valence-corrected chi connectivity index (χ1v) is 7.46. The summed E-state index contributed by atoms with van der Waals surface area (Å²) in [5.41, 5.74) is 5.81. The lowest BCUT2D eigenvalue weighted by atomic mass is 10.3. The van der Waals surface area contributed by atoms with Gasteiger partial charge in [-0.25, -0.2) is 4.98 Å². The van der Waals surface area contributed by atoms with E-state index in [0.717, 1.165) is 19.3 Å². The lowest BCUT2D eigenvalue weighted by Crippen LogP contribution is -2.27. The number of nitrogens with two attached hydrogens (primary N) is 1. The lowest BCUT2D eigenvalue weighted by Gasteiger charge is -2.04. The van der Waals surface area contributed by atoms with Crippen molar-refractivity contribution in [2.24, 2.45) is 5.73 Å². The molecular formula is C13H21N3O3S. The summed E-state index contributed by atoms with van der Waals surface area (Å²) in [5, 5.41) is 3.36. The summed E-state index contributed by atoms with van der Waals surface area (Å²) < 4.78 is 5.25. The molecule has 1 heterocycles. The topological polar surface area (TPSA) is 94.3 Å². The highest BCUT2D eigenvalue weighted by Crippen LogP contribution is 2.16. The molecule has 0 aromatic carbocycles. The average molecular weight is 299 g/mol. The zero-order valence-electron chi connectivity index (χ0n) is 11.9.